The summed E-state index contributed by atoms with van der Waals surface area (Å²) in [5, 5.41) is 2.91. The lowest BCUT2D eigenvalue weighted by molar-refractivity contribution is -0.116. The molecule has 0 saturated carbocycles. The number of hydrogen-bond acceptors (Lipinski definition) is 5. The highest BCUT2D eigenvalue weighted by Gasteiger charge is 2.32. The van der Waals surface area contributed by atoms with Crippen molar-refractivity contribution in [2.24, 2.45) is 0 Å². The molecule has 0 bridgehead atoms. The van der Waals surface area contributed by atoms with Crippen LogP contribution < -0.4 is 24.3 Å². The number of hydrogen-bond donors (Lipinski definition) is 1. The van der Waals surface area contributed by atoms with Crippen LogP contribution in [-0.4, -0.2) is 34.3 Å². The van der Waals surface area contributed by atoms with E-state index in [2.05, 4.69) is 21.2 Å². The van der Waals surface area contributed by atoms with Crippen LogP contribution >= 0.6 is 15.9 Å². The standard InChI is InChI=1S/C19H20BrNO5/c1-23-10-5-14-19(17(6-10)26-4)12(8-18(22)21-14)11-7-15(24-2)16(25-3)9-13(11)20/h5-7,9,12H,8H2,1-4H3,(H,21,22)/t12-/m0/s1. The summed E-state index contributed by atoms with van der Waals surface area (Å²) in [5.74, 6) is 2.23. The van der Waals surface area contributed by atoms with Crippen LogP contribution in [-0.2, 0) is 4.79 Å². The molecular formula is C19H20BrNO5. The Morgan fingerprint density at radius 1 is 0.923 bits per heavy atom. The van der Waals surface area contributed by atoms with Gasteiger partial charge in [-0.1, -0.05) is 15.9 Å². The molecule has 2 aromatic carbocycles. The summed E-state index contributed by atoms with van der Waals surface area (Å²) in [6.07, 6.45) is 0.295. The van der Waals surface area contributed by atoms with Gasteiger partial charge >= 0.3 is 0 Å². The van der Waals surface area contributed by atoms with Crippen LogP contribution in [0.25, 0.3) is 0 Å². The number of benzene rings is 2. The van der Waals surface area contributed by atoms with Crippen molar-refractivity contribution in [2.45, 2.75) is 12.3 Å². The number of rotatable bonds is 5. The molecule has 1 aliphatic heterocycles. The molecule has 0 radical (unpaired) electrons. The molecule has 0 spiro atoms. The SMILES string of the molecule is COc1cc2c(c(OC)c1)[C@H](c1cc(OC)c(OC)cc1Br)CC(=O)N2. The zero-order valence-electron chi connectivity index (χ0n) is 15.0. The summed E-state index contributed by atoms with van der Waals surface area (Å²) < 4.78 is 22.5. The summed E-state index contributed by atoms with van der Waals surface area (Å²) in [4.78, 5) is 12.3. The Balaban J connectivity index is 2.21. The summed E-state index contributed by atoms with van der Waals surface area (Å²) in [6, 6.07) is 7.35. The third-order valence-electron chi connectivity index (χ3n) is 4.46. The Hall–Kier alpha value is -2.41. The first-order chi connectivity index (χ1) is 12.5. The van der Waals surface area contributed by atoms with Crippen LogP contribution in [0.2, 0.25) is 0 Å². The molecule has 3 rings (SSSR count). The van der Waals surface area contributed by atoms with E-state index in [9.17, 15) is 4.79 Å². The molecule has 1 amide bonds. The highest BCUT2D eigenvalue weighted by molar-refractivity contribution is 9.10. The summed E-state index contributed by atoms with van der Waals surface area (Å²) in [5.41, 5.74) is 2.51. The molecule has 6 nitrogen and oxygen atoms in total. The van der Waals surface area contributed by atoms with E-state index in [-0.39, 0.29) is 11.8 Å². The summed E-state index contributed by atoms with van der Waals surface area (Å²) >= 11 is 3.60. The van der Waals surface area contributed by atoms with Gasteiger partial charge in [0.15, 0.2) is 11.5 Å². The predicted octanol–water partition coefficient (Wildman–Crippen LogP) is 3.96. The molecule has 0 fully saturated rings. The van der Waals surface area contributed by atoms with Gasteiger partial charge in [-0.25, -0.2) is 0 Å². The minimum Gasteiger partial charge on any atom is -0.497 e. The van der Waals surface area contributed by atoms with Gasteiger partial charge in [-0.3, -0.25) is 4.79 Å². The van der Waals surface area contributed by atoms with Crippen LogP contribution in [0.15, 0.2) is 28.7 Å². The van der Waals surface area contributed by atoms with Crippen molar-refractivity contribution in [3.63, 3.8) is 0 Å². The van der Waals surface area contributed by atoms with Crippen molar-refractivity contribution in [1.29, 1.82) is 0 Å². The summed E-state index contributed by atoms with van der Waals surface area (Å²) in [7, 11) is 6.35. The zero-order chi connectivity index (χ0) is 18.8. The van der Waals surface area contributed by atoms with E-state index >= 15 is 0 Å². The van der Waals surface area contributed by atoms with Gasteiger partial charge in [-0.15, -0.1) is 0 Å². The third kappa shape index (κ3) is 3.19. The van der Waals surface area contributed by atoms with Gasteiger partial charge in [0.25, 0.3) is 0 Å². The maximum atomic E-state index is 12.3. The highest BCUT2D eigenvalue weighted by atomic mass is 79.9. The van der Waals surface area contributed by atoms with Crippen LogP contribution in [0.4, 0.5) is 5.69 Å². The van der Waals surface area contributed by atoms with E-state index in [4.69, 9.17) is 18.9 Å². The minimum absolute atomic E-state index is 0.0699. The smallest absolute Gasteiger partial charge is 0.225 e. The van der Waals surface area contributed by atoms with Crippen LogP contribution in [0.3, 0.4) is 0 Å². The van der Waals surface area contributed by atoms with E-state index < -0.39 is 0 Å². The second-order valence-corrected chi connectivity index (χ2v) is 6.68. The molecule has 26 heavy (non-hydrogen) atoms. The van der Waals surface area contributed by atoms with Crippen LogP contribution in [0, 0.1) is 0 Å². The van der Waals surface area contributed by atoms with Gasteiger partial charge in [0.05, 0.1) is 34.1 Å². The molecule has 1 heterocycles. The number of halogens is 1. The average molecular weight is 422 g/mol. The molecule has 138 valence electrons. The Morgan fingerprint density at radius 3 is 2.19 bits per heavy atom. The van der Waals surface area contributed by atoms with Crippen molar-refractivity contribution in [1.82, 2.24) is 0 Å². The van der Waals surface area contributed by atoms with E-state index in [1.165, 1.54) is 0 Å². The maximum absolute atomic E-state index is 12.3. The number of nitrogens with one attached hydrogen (secondary N) is 1. The van der Waals surface area contributed by atoms with Crippen molar-refractivity contribution in [2.75, 3.05) is 33.8 Å². The highest BCUT2D eigenvalue weighted by Crippen LogP contribution is 2.48. The van der Waals surface area contributed by atoms with Crippen molar-refractivity contribution in [3.05, 3.63) is 39.9 Å². The normalized spacial score (nSPS) is 15.7. The molecule has 0 unspecified atom stereocenters. The van der Waals surface area contributed by atoms with Crippen molar-refractivity contribution >= 4 is 27.5 Å². The first-order valence-corrected chi connectivity index (χ1v) is 8.78. The van der Waals surface area contributed by atoms with E-state index in [0.717, 1.165) is 15.6 Å². The lowest BCUT2D eigenvalue weighted by atomic mass is 9.84. The lowest BCUT2D eigenvalue weighted by Crippen LogP contribution is -2.24. The zero-order valence-corrected chi connectivity index (χ0v) is 16.6. The second-order valence-electron chi connectivity index (χ2n) is 5.82. The van der Waals surface area contributed by atoms with E-state index in [1.807, 2.05) is 18.2 Å². The van der Waals surface area contributed by atoms with E-state index in [0.29, 0.717) is 35.1 Å². The molecule has 1 N–H and O–H groups in total. The average Bonchev–Trinajstić information content (AvgIpc) is 2.65. The fraction of sp³-hybridized carbons (Fsp3) is 0.316. The molecule has 0 aromatic heterocycles. The molecule has 0 aliphatic carbocycles. The topological polar surface area (TPSA) is 66.0 Å². The summed E-state index contributed by atoms with van der Waals surface area (Å²) in [6.45, 7) is 0. The molecule has 1 atom stereocenters. The molecule has 1 aliphatic rings. The number of fused-ring (bicyclic) bond motifs is 1. The van der Waals surface area contributed by atoms with Gasteiger partial charge in [0.2, 0.25) is 5.91 Å². The monoisotopic (exact) mass is 421 g/mol. The number of carbonyl (C=O) groups excluding carboxylic acids is 1. The first kappa shape index (κ1) is 18.4. The number of methoxy groups -OCH3 is 4. The first-order valence-electron chi connectivity index (χ1n) is 7.99. The Kier molecular flexibility index (Phi) is 5.27. The Bertz CT molecular complexity index is 852. The van der Waals surface area contributed by atoms with Crippen molar-refractivity contribution < 1.29 is 23.7 Å². The fourth-order valence-corrected chi connectivity index (χ4v) is 3.84. The predicted molar refractivity (Wildman–Crippen MR) is 102 cm³/mol. The van der Waals surface area contributed by atoms with Crippen LogP contribution in [0.1, 0.15) is 23.5 Å². The molecular weight excluding hydrogens is 402 g/mol. The minimum atomic E-state index is -0.200. The third-order valence-corrected chi connectivity index (χ3v) is 5.15. The van der Waals surface area contributed by atoms with Crippen molar-refractivity contribution in [3.8, 4) is 23.0 Å². The largest absolute Gasteiger partial charge is 0.497 e. The molecule has 2 aromatic rings. The Labute approximate surface area is 160 Å². The Morgan fingerprint density at radius 2 is 1.58 bits per heavy atom. The molecule has 0 saturated heterocycles. The van der Waals surface area contributed by atoms with Crippen LogP contribution in [0.5, 0.6) is 23.0 Å². The van der Waals surface area contributed by atoms with Gasteiger partial charge in [-0.05, 0) is 17.7 Å². The van der Waals surface area contributed by atoms with Gasteiger partial charge in [0, 0.05) is 34.5 Å². The quantitative estimate of drug-likeness (QED) is 0.791. The number of ether oxygens (including phenoxy) is 4. The van der Waals surface area contributed by atoms with E-state index in [1.54, 1.807) is 34.5 Å². The number of carbonyl (C=O) groups is 1. The number of anilines is 1. The van der Waals surface area contributed by atoms with Gasteiger partial charge in [-0.2, -0.15) is 0 Å². The number of amides is 1. The second kappa shape index (κ2) is 7.45. The maximum Gasteiger partial charge on any atom is 0.225 e. The van der Waals surface area contributed by atoms with Gasteiger partial charge < -0.3 is 24.3 Å². The molecule has 7 heteroatoms. The van der Waals surface area contributed by atoms with Gasteiger partial charge in [0.1, 0.15) is 11.5 Å². The lowest BCUT2D eigenvalue weighted by Gasteiger charge is -2.29. The fourth-order valence-electron chi connectivity index (χ4n) is 3.24.